The molecule has 1 heterocycles. The van der Waals surface area contributed by atoms with E-state index in [0.29, 0.717) is 0 Å². The van der Waals surface area contributed by atoms with E-state index in [1.807, 2.05) is 0 Å². The molecule has 0 radical (unpaired) electrons. The van der Waals surface area contributed by atoms with Gasteiger partial charge < -0.3 is 14.6 Å². The van der Waals surface area contributed by atoms with Gasteiger partial charge in [-0.15, -0.1) is 0 Å². The largest absolute Gasteiger partial charge is 0.453 e. The van der Waals surface area contributed by atoms with Gasteiger partial charge in [0, 0.05) is 6.08 Å². The van der Waals surface area contributed by atoms with Crippen LogP contribution in [0.3, 0.4) is 0 Å². The molecule has 0 aliphatic carbocycles. The van der Waals surface area contributed by atoms with Crippen LogP contribution in [-0.4, -0.2) is 41.5 Å². The molecule has 1 saturated heterocycles. The van der Waals surface area contributed by atoms with Crippen molar-refractivity contribution in [3.8, 4) is 0 Å². The molecular weight excluding hydrogens is 207 g/mol. The Kier molecular flexibility index (Phi) is 3.09. The van der Waals surface area contributed by atoms with Crippen molar-refractivity contribution in [2.75, 3.05) is 6.61 Å². The number of carbonyl (C=O) groups excluding carboxylic acids is 2. The molecule has 0 bridgehead atoms. The van der Waals surface area contributed by atoms with E-state index in [1.165, 1.54) is 0 Å². The first-order valence-corrected chi connectivity index (χ1v) is 4.27. The van der Waals surface area contributed by atoms with Crippen LogP contribution in [-0.2, 0) is 19.1 Å². The number of carbonyl (C=O) groups is 2. The van der Waals surface area contributed by atoms with Gasteiger partial charge in [0.05, 0.1) is 6.61 Å². The van der Waals surface area contributed by atoms with E-state index in [-0.39, 0.29) is 0 Å². The second kappa shape index (κ2) is 3.98. The Hall–Kier alpha value is -1.43. The van der Waals surface area contributed by atoms with Crippen LogP contribution < -0.4 is 0 Å². The smallest absolute Gasteiger partial charge is 0.348 e. The topological polar surface area (TPSA) is 72.8 Å². The van der Waals surface area contributed by atoms with Crippen molar-refractivity contribution in [2.45, 2.75) is 24.8 Å². The maximum atomic E-state index is 13.7. The van der Waals surface area contributed by atoms with Crippen LogP contribution in [0, 0.1) is 0 Å². The van der Waals surface area contributed by atoms with E-state index >= 15 is 0 Å². The first-order valence-electron chi connectivity index (χ1n) is 4.27. The minimum Gasteiger partial charge on any atom is -0.453 e. The zero-order chi connectivity index (χ0) is 11.6. The van der Waals surface area contributed by atoms with Gasteiger partial charge in [0.2, 0.25) is 5.67 Å². The fraction of sp³-hybridized carbons (Fsp3) is 0.556. The number of cyclic esters (lactones) is 1. The van der Waals surface area contributed by atoms with Gasteiger partial charge >= 0.3 is 11.9 Å². The molecule has 0 aromatic carbocycles. The molecule has 1 aliphatic rings. The minimum atomic E-state index is -2.44. The van der Waals surface area contributed by atoms with Crippen LogP contribution in [0.25, 0.3) is 0 Å². The van der Waals surface area contributed by atoms with Crippen molar-refractivity contribution in [1.29, 1.82) is 0 Å². The third kappa shape index (κ3) is 1.99. The normalized spacial score (nSPS) is 34.7. The first-order chi connectivity index (χ1) is 6.93. The third-order valence-electron chi connectivity index (χ3n) is 2.12. The lowest BCUT2D eigenvalue weighted by Crippen LogP contribution is -2.43. The molecule has 6 heteroatoms. The number of ether oxygens (including phenoxy) is 2. The third-order valence-corrected chi connectivity index (χ3v) is 2.12. The van der Waals surface area contributed by atoms with Crippen LogP contribution in [0.5, 0.6) is 0 Å². The summed E-state index contributed by atoms with van der Waals surface area (Å²) < 4.78 is 22.8. The number of rotatable bonds is 3. The zero-order valence-corrected chi connectivity index (χ0v) is 8.10. The highest BCUT2D eigenvalue weighted by Gasteiger charge is 2.57. The van der Waals surface area contributed by atoms with Gasteiger partial charge in [-0.3, -0.25) is 0 Å². The van der Waals surface area contributed by atoms with E-state index in [1.54, 1.807) is 0 Å². The summed E-state index contributed by atoms with van der Waals surface area (Å²) in [6.07, 6.45) is -1.77. The Morgan fingerprint density at radius 1 is 1.87 bits per heavy atom. The van der Waals surface area contributed by atoms with Crippen LogP contribution in [0.15, 0.2) is 12.7 Å². The van der Waals surface area contributed by atoms with Gasteiger partial charge in [0.1, 0.15) is 0 Å². The average Bonchev–Trinajstić information content (AvgIpc) is 2.41. The summed E-state index contributed by atoms with van der Waals surface area (Å²) in [4.78, 5) is 21.9. The molecular formula is C9H11FO5. The van der Waals surface area contributed by atoms with Crippen LogP contribution in [0.4, 0.5) is 4.39 Å². The van der Waals surface area contributed by atoms with Crippen LogP contribution >= 0.6 is 0 Å². The Balaban J connectivity index is 2.86. The number of hydrogen-bond donors (Lipinski definition) is 1. The number of aliphatic hydroxyl groups is 1. The molecule has 1 rings (SSSR count). The number of esters is 2. The highest BCUT2D eigenvalue weighted by molar-refractivity contribution is 5.85. The number of halogens is 1. The summed E-state index contributed by atoms with van der Waals surface area (Å²) in [7, 11) is 0. The molecule has 15 heavy (non-hydrogen) atoms. The lowest BCUT2D eigenvalue weighted by molar-refractivity contribution is -0.152. The monoisotopic (exact) mass is 218 g/mol. The molecule has 0 aromatic rings. The Morgan fingerprint density at radius 3 is 2.93 bits per heavy atom. The standard InChI is InChI=1S/C9H11FO5/c1-3-6(12)15-7-5(4-11)14-8(13)9(7,2)10/h3,5,7,11H,1,4H2,2H3/t5-,7-,9-/m1/s1. The summed E-state index contributed by atoms with van der Waals surface area (Å²) in [5.74, 6) is -2.02. The minimum absolute atomic E-state index is 0.611. The molecule has 0 saturated carbocycles. The molecule has 1 N–H and O–H groups in total. The van der Waals surface area contributed by atoms with Crippen molar-refractivity contribution in [3.63, 3.8) is 0 Å². The highest BCUT2D eigenvalue weighted by atomic mass is 19.1. The van der Waals surface area contributed by atoms with E-state index in [2.05, 4.69) is 16.1 Å². The van der Waals surface area contributed by atoms with E-state index in [4.69, 9.17) is 5.11 Å². The first kappa shape index (κ1) is 11.6. The summed E-state index contributed by atoms with van der Waals surface area (Å²) in [6, 6.07) is 0. The predicted octanol–water partition coefficient (Wildman–Crippen LogP) is -0.270. The van der Waals surface area contributed by atoms with E-state index in [0.717, 1.165) is 13.0 Å². The number of aliphatic hydroxyl groups excluding tert-OH is 1. The molecule has 0 spiro atoms. The molecule has 0 unspecified atom stereocenters. The molecule has 84 valence electrons. The van der Waals surface area contributed by atoms with Gasteiger partial charge in [0.25, 0.3) is 0 Å². The molecule has 0 amide bonds. The summed E-state index contributed by atoms with van der Waals surface area (Å²) in [6.45, 7) is 3.46. The van der Waals surface area contributed by atoms with E-state index < -0.39 is 36.4 Å². The van der Waals surface area contributed by atoms with Crippen molar-refractivity contribution in [1.82, 2.24) is 0 Å². The summed E-state index contributed by atoms with van der Waals surface area (Å²) >= 11 is 0. The quantitative estimate of drug-likeness (QED) is 0.521. The maximum absolute atomic E-state index is 13.7. The maximum Gasteiger partial charge on any atom is 0.348 e. The summed E-state index contributed by atoms with van der Waals surface area (Å²) in [5, 5.41) is 8.81. The Labute approximate surface area is 85.5 Å². The van der Waals surface area contributed by atoms with Crippen molar-refractivity contribution < 1.29 is 28.6 Å². The fourth-order valence-corrected chi connectivity index (χ4v) is 1.27. The highest BCUT2D eigenvalue weighted by Crippen LogP contribution is 2.32. The second-order valence-corrected chi connectivity index (χ2v) is 3.26. The molecule has 3 atom stereocenters. The van der Waals surface area contributed by atoms with Crippen molar-refractivity contribution >= 4 is 11.9 Å². The summed E-state index contributed by atoms with van der Waals surface area (Å²) in [5.41, 5.74) is -2.44. The van der Waals surface area contributed by atoms with Gasteiger partial charge in [-0.25, -0.2) is 14.0 Å². The average molecular weight is 218 g/mol. The number of alkyl halides is 1. The number of hydrogen-bond acceptors (Lipinski definition) is 5. The zero-order valence-electron chi connectivity index (χ0n) is 8.10. The second-order valence-electron chi connectivity index (χ2n) is 3.26. The fourth-order valence-electron chi connectivity index (χ4n) is 1.27. The Bertz CT molecular complexity index is 299. The molecule has 1 aliphatic heterocycles. The van der Waals surface area contributed by atoms with Crippen LogP contribution in [0.1, 0.15) is 6.92 Å². The molecule has 5 nitrogen and oxygen atoms in total. The van der Waals surface area contributed by atoms with Crippen LogP contribution in [0.2, 0.25) is 0 Å². The molecule has 0 aromatic heterocycles. The van der Waals surface area contributed by atoms with Crippen molar-refractivity contribution in [2.24, 2.45) is 0 Å². The lowest BCUT2D eigenvalue weighted by atomic mass is 10.0. The van der Waals surface area contributed by atoms with Gasteiger partial charge in [-0.1, -0.05) is 6.58 Å². The van der Waals surface area contributed by atoms with Gasteiger partial charge in [-0.05, 0) is 6.92 Å². The van der Waals surface area contributed by atoms with Gasteiger partial charge in [-0.2, -0.15) is 0 Å². The predicted molar refractivity (Wildman–Crippen MR) is 46.6 cm³/mol. The Morgan fingerprint density at radius 2 is 2.47 bits per heavy atom. The van der Waals surface area contributed by atoms with Gasteiger partial charge in [0.15, 0.2) is 12.2 Å². The van der Waals surface area contributed by atoms with E-state index in [9.17, 15) is 14.0 Å². The SMILES string of the molecule is C=CC(=O)O[C@@H]1[C@@H](CO)OC(=O)[C@]1(C)F. The van der Waals surface area contributed by atoms with Crippen molar-refractivity contribution in [3.05, 3.63) is 12.7 Å². The molecule has 1 fully saturated rings. The lowest BCUT2D eigenvalue weighted by Gasteiger charge is -2.20.